The van der Waals surface area contributed by atoms with E-state index in [1.807, 2.05) is 0 Å². The fourth-order valence-corrected chi connectivity index (χ4v) is 5.61. The van der Waals surface area contributed by atoms with Gasteiger partial charge in [0.1, 0.15) is 0 Å². The summed E-state index contributed by atoms with van der Waals surface area (Å²) < 4.78 is 17.2. The fourth-order valence-electron chi connectivity index (χ4n) is 3.06. The molecule has 0 aliphatic rings. The average Bonchev–Trinajstić information content (AvgIpc) is 2.52. The summed E-state index contributed by atoms with van der Waals surface area (Å²) in [5.41, 5.74) is 0.415. The minimum absolute atomic E-state index is 0. The molecule has 0 bridgehead atoms. The van der Waals surface area contributed by atoms with Crippen LogP contribution in [0.15, 0.2) is 0 Å². The van der Waals surface area contributed by atoms with Crippen molar-refractivity contribution >= 4 is 8.80 Å². The van der Waals surface area contributed by atoms with Crippen LogP contribution in [-0.4, -0.2) is 50.8 Å². The first kappa shape index (κ1) is 25.6. The maximum Gasteiger partial charge on any atom is 0.792 e. The van der Waals surface area contributed by atoms with Gasteiger partial charge in [0, 0.05) is 20.6 Å². The molecule has 6 heteroatoms. The fraction of sp³-hybridized carbons (Fsp3) is 1.00. The summed E-state index contributed by atoms with van der Waals surface area (Å²) in [6, 6.07) is 0. The van der Waals surface area contributed by atoms with Crippen molar-refractivity contribution in [1.82, 2.24) is 0 Å². The summed E-state index contributed by atoms with van der Waals surface area (Å²) >= 11 is 0. The monoisotopic (exact) mass is 369 g/mol. The van der Waals surface area contributed by atoms with Crippen LogP contribution >= 0.6 is 0 Å². The van der Waals surface area contributed by atoms with E-state index in [2.05, 4.69) is 21.0 Å². The van der Waals surface area contributed by atoms with Crippen molar-refractivity contribution in [2.24, 2.45) is 0 Å². The van der Waals surface area contributed by atoms with Gasteiger partial charge < -0.3 is 26.2 Å². The van der Waals surface area contributed by atoms with Gasteiger partial charge in [-0.05, 0) is 6.42 Å². The largest absolute Gasteiger partial charge is 1.00 e. The minimum atomic E-state index is -2.51. The molecule has 0 fully saturated rings. The zero-order valence-electron chi connectivity index (χ0n) is 16.3. The van der Waals surface area contributed by atoms with Gasteiger partial charge in [0.25, 0.3) is 0 Å². The van der Waals surface area contributed by atoms with E-state index < -0.39 is 8.80 Å². The first-order chi connectivity index (χ1) is 10.6. The van der Waals surface area contributed by atoms with Gasteiger partial charge in [-0.2, -0.15) is 0 Å². The molecule has 23 heavy (non-hydrogen) atoms. The molecule has 4 nitrogen and oxygen atoms in total. The number of nitrogens with one attached hydrogen (secondary N) is 1. The number of hydrogen-bond acceptors (Lipinski definition) is 3. The second-order valence-electron chi connectivity index (χ2n) is 6.57. The van der Waals surface area contributed by atoms with Gasteiger partial charge in [-0.25, -0.2) is 4.43 Å². The van der Waals surface area contributed by atoms with Gasteiger partial charge >= 0.3 is 8.80 Å². The number of unbranched alkanes of at least 4 members (excludes halogenated alkanes) is 6. The van der Waals surface area contributed by atoms with E-state index in [1.165, 1.54) is 49.8 Å². The average molecular weight is 370 g/mol. The van der Waals surface area contributed by atoms with Crippen molar-refractivity contribution in [2.45, 2.75) is 70.3 Å². The van der Waals surface area contributed by atoms with Crippen LogP contribution in [0.25, 0.3) is 0 Å². The summed E-state index contributed by atoms with van der Waals surface area (Å²) in [4.78, 5) is 1.47. The van der Waals surface area contributed by atoms with E-state index in [0.29, 0.717) is 5.54 Å². The molecule has 1 radical (unpaired) electrons. The van der Waals surface area contributed by atoms with Crippen molar-refractivity contribution in [3.05, 3.63) is 0 Å². The molecule has 0 spiro atoms. The summed E-state index contributed by atoms with van der Waals surface area (Å²) in [6.07, 6.45) is 11.6. The van der Waals surface area contributed by atoms with E-state index in [4.69, 9.17) is 13.3 Å². The molecule has 1 atom stereocenters. The molecule has 1 unspecified atom stereocenters. The van der Waals surface area contributed by atoms with Gasteiger partial charge in [-0.1, -0.05) is 51.9 Å². The van der Waals surface area contributed by atoms with Crippen LogP contribution < -0.4 is 17.3 Å². The lowest BCUT2D eigenvalue weighted by atomic mass is 10.1. The highest BCUT2D eigenvalue weighted by atomic mass is 35.5. The maximum atomic E-state index is 5.73. The molecule has 1 N–H and O–H groups in total. The summed E-state index contributed by atoms with van der Waals surface area (Å²) in [7, 11) is 7.09. The normalized spacial score (nSPS) is 13.2. The molecule has 0 aliphatic heterocycles. The van der Waals surface area contributed by atoms with Gasteiger partial charge in [-0.15, -0.1) is 0 Å². The lowest BCUT2D eigenvalue weighted by Gasteiger charge is -2.22. The molecule has 0 aromatic carbocycles. The first-order valence-electron chi connectivity index (χ1n) is 9.00. The van der Waals surface area contributed by atoms with Gasteiger partial charge in [-0.3, -0.25) is 0 Å². The third-order valence-electron chi connectivity index (χ3n) is 4.50. The topological polar surface area (TPSA) is 34.2 Å². The Balaban J connectivity index is 0. The van der Waals surface area contributed by atoms with Crippen LogP contribution in [-0.2, 0) is 13.3 Å². The second kappa shape index (κ2) is 15.9. The highest BCUT2D eigenvalue weighted by Gasteiger charge is 2.62. The molecule has 0 aliphatic carbocycles. The van der Waals surface area contributed by atoms with E-state index >= 15 is 0 Å². The van der Waals surface area contributed by atoms with E-state index in [9.17, 15) is 0 Å². The van der Waals surface area contributed by atoms with E-state index in [1.54, 1.807) is 21.3 Å². The third kappa shape index (κ3) is 10.7. The van der Waals surface area contributed by atoms with Crippen LogP contribution in [0.1, 0.15) is 64.7 Å². The lowest BCUT2D eigenvalue weighted by Crippen LogP contribution is -3.05. The Morgan fingerprint density at radius 3 is 1.87 bits per heavy atom. The number of halogens is 1. The zero-order chi connectivity index (χ0) is 16.8. The van der Waals surface area contributed by atoms with Crippen LogP contribution in [0, 0.1) is 0 Å². The first-order valence-corrected chi connectivity index (χ1v) is 10.8. The van der Waals surface area contributed by atoms with Gasteiger partial charge in [0.05, 0.1) is 26.2 Å². The van der Waals surface area contributed by atoms with Crippen molar-refractivity contribution in [3.63, 3.8) is 0 Å². The van der Waals surface area contributed by atoms with E-state index in [-0.39, 0.29) is 12.4 Å². The molecule has 0 heterocycles. The molecule has 0 amide bonds. The smallest absolute Gasteiger partial charge is 0.792 e. The minimum Gasteiger partial charge on any atom is -1.00 e. The number of quaternary nitrogens is 1. The van der Waals surface area contributed by atoms with Crippen LogP contribution in [0.5, 0.6) is 0 Å². The quantitative estimate of drug-likeness (QED) is 0.249. The molecule has 0 aromatic heterocycles. The van der Waals surface area contributed by atoms with Crippen LogP contribution in [0.2, 0.25) is 5.54 Å². The van der Waals surface area contributed by atoms with Crippen LogP contribution in [0.3, 0.4) is 0 Å². The third-order valence-corrected chi connectivity index (χ3v) is 7.79. The predicted octanol–water partition coefficient (Wildman–Crippen LogP) is -0.0860. The van der Waals surface area contributed by atoms with Crippen molar-refractivity contribution in [3.8, 4) is 0 Å². The Labute approximate surface area is 152 Å². The van der Waals surface area contributed by atoms with E-state index in [0.717, 1.165) is 19.4 Å². The highest BCUT2D eigenvalue weighted by Crippen LogP contribution is 2.32. The SMILES string of the molecule is CCCCCCCCCC(CC[NH+](C)C)[Si](OC)(OC)[O+]C.[Cl-]. The summed E-state index contributed by atoms with van der Waals surface area (Å²) in [6.45, 7) is 3.40. The van der Waals surface area contributed by atoms with Crippen LogP contribution in [0.4, 0.5) is 0 Å². The van der Waals surface area contributed by atoms with Gasteiger partial charge in [0.15, 0.2) is 7.11 Å². The van der Waals surface area contributed by atoms with Crippen molar-refractivity contribution < 1.29 is 30.6 Å². The Kier molecular flexibility index (Phi) is 17.6. The number of hydrogen-bond donors (Lipinski definition) is 1. The Bertz CT molecular complexity index is 246. The Morgan fingerprint density at radius 2 is 1.43 bits per heavy atom. The number of rotatable bonds is 15. The van der Waals surface area contributed by atoms with Crippen molar-refractivity contribution in [2.75, 3.05) is 42.0 Å². The highest BCUT2D eigenvalue weighted by molar-refractivity contribution is 6.62. The molecular weight excluding hydrogens is 330 g/mol. The molecule has 0 aromatic rings. The Morgan fingerprint density at radius 1 is 0.913 bits per heavy atom. The summed E-state index contributed by atoms with van der Waals surface area (Å²) in [5.74, 6) is 0. The molecule has 0 rings (SSSR count). The molecule has 0 saturated heterocycles. The standard InChI is InChI=1S/C17H39NO3Si.ClH/c1-7-8-9-10-11-12-13-14-17(15-16-18(2)3)22(19-4,20-5)21-6;/h17H,7-16H2,1-6H3;1H/q+1;. The summed E-state index contributed by atoms with van der Waals surface area (Å²) in [5, 5.41) is 0. The lowest BCUT2D eigenvalue weighted by molar-refractivity contribution is -0.858. The van der Waals surface area contributed by atoms with Crippen molar-refractivity contribution in [1.29, 1.82) is 0 Å². The Hall–Kier alpha value is 0.347. The molecule has 0 saturated carbocycles. The second-order valence-corrected chi connectivity index (χ2v) is 9.82. The maximum absolute atomic E-state index is 5.73. The van der Waals surface area contributed by atoms with Gasteiger partial charge in [0.2, 0.25) is 0 Å². The predicted molar refractivity (Wildman–Crippen MR) is 95.4 cm³/mol. The molecular formula is C17H40ClNO3Si+. The molecule has 141 valence electrons. The zero-order valence-corrected chi connectivity index (χ0v) is 18.0.